The maximum atomic E-state index is 9.87. The third kappa shape index (κ3) is 4.46. The summed E-state index contributed by atoms with van der Waals surface area (Å²) in [5.74, 6) is 0.774. The van der Waals surface area contributed by atoms with E-state index in [0.29, 0.717) is 17.1 Å². The Balaban J connectivity index is 1.63. The summed E-state index contributed by atoms with van der Waals surface area (Å²) < 4.78 is 1.86. The summed E-state index contributed by atoms with van der Waals surface area (Å²) >= 11 is 0. The van der Waals surface area contributed by atoms with Gasteiger partial charge >= 0.3 is 0 Å². The van der Waals surface area contributed by atoms with E-state index < -0.39 is 0 Å². The number of nitrogens with one attached hydrogen (secondary N) is 1. The Morgan fingerprint density at radius 2 is 1.87 bits per heavy atom. The molecule has 0 bridgehead atoms. The van der Waals surface area contributed by atoms with E-state index in [4.69, 9.17) is 0 Å². The Hall–Kier alpha value is -3.58. The number of hydrogen-bond donors (Lipinski definition) is 2. The monoisotopic (exact) mass is 414 g/mol. The van der Waals surface area contributed by atoms with E-state index in [0.717, 1.165) is 29.2 Å². The summed E-state index contributed by atoms with van der Waals surface area (Å²) in [5.41, 5.74) is 5.87. The fourth-order valence-electron chi connectivity index (χ4n) is 3.52. The fourth-order valence-corrected chi connectivity index (χ4v) is 3.52. The molecule has 0 aliphatic rings. The molecule has 0 saturated heterocycles. The third-order valence-electron chi connectivity index (χ3n) is 5.26. The van der Waals surface area contributed by atoms with Crippen LogP contribution in [0.5, 0.6) is 0 Å². The Labute approximate surface area is 181 Å². The van der Waals surface area contributed by atoms with E-state index in [1.54, 1.807) is 6.33 Å². The first-order valence-electron chi connectivity index (χ1n) is 10.4. The van der Waals surface area contributed by atoms with Gasteiger partial charge in [0.2, 0.25) is 0 Å². The quantitative estimate of drug-likeness (QED) is 0.470. The van der Waals surface area contributed by atoms with Gasteiger partial charge in [-0.1, -0.05) is 37.3 Å². The normalized spacial score (nSPS) is 12.0. The SMILES string of the molecule is CCc1cc(-c2ccc(-n3cnc(C)c3)c(CO)n2)nnc1N[C@@H](C)c1ccccc1. The molecule has 7 nitrogen and oxygen atoms in total. The van der Waals surface area contributed by atoms with Crippen molar-refractivity contribution in [3.8, 4) is 17.1 Å². The molecule has 0 spiro atoms. The summed E-state index contributed by atoms with van der Waals surface area (Å²) in [7, 11) is 0. The van der Waals surface area contributed by atoms with Gasteiger partial charge in [-0.3, -0.25) is 0 Å². The van der Waals surface area contributed by atoms with Crippen LogP contribution in [0.2, 0.25) is 0 Å². The summed E-state index contributed by atoms with van der Waals surface area (Å²) in [6, 6.07) is 16.2. The summed E-state index contributed by atoms with van der Waals surface area (Å²) in [6.07, 6.45) is 4.43. The topological polar surface area (TPSA) is 88.8 Å². The summed E-state index contributed by atoms with van der Waals surface area (Å²) in [4.78, 5) is 8.89. The van der Waals surface area contributed by atoms with Gasteiger partial charge in [0, 0.05) is 6.20 Å². The molecule has 0 aliphatic carbocycles. The highest BCUT2D eigenvalue weighted by Gasteiger charge is 2.14. The Morgan fingerprint density at radius 3 is 2.55 bits per heavy atom. The van der Waals surface area contributed by atoms with Gasteiger partial charge < -0.3 is 15.0 Å². The molecule has 3 aromatic heterocycles. The molecule has 1 aromatic carbocycles. The number of aliphatic hydroxyl groups excluding tert-OH is 1. The van der Waals surface area contributed by atoms with Crippen LogP contribution in [0.4, 0.5) is 5.82 Å². The van der Waals surface area contributed by atoms with Gasteiger partial charge in [-0.25, -0.2) is 9.97 Å². The number of aryl methyl sites for hydroxylation is 2. The van der Waals surface area contributed by atoms with Crippen molar-refractivity contribution in [1.82, 2.24) is 24.7 Å². The van der Waals surface area contributed by atoms with Crippen molar-refractivity contribution >= 4 is 5.82 Å². The number of pyridine rings is 1. The molecule has 0 amide bonds. The Kier molecular flexibility index (Phi) is 6.04. The van der Waals surface area contributed by atoms with Crippen LogP contribution in [0.15, 0.2) is 61.1 Å². The second-order valence-electron chi connectivity index (χ2n) is 7.48. The molecular weight excluding hydrogens is 388 g/mol. The highest BCUT2D eigenvalue weighted by atomic mass is 16.3. The molecule has 0 saturated carbocycles. The number of anilines is 1. The second kappa shape index (κ2) is 9.06. The molecule has 31 heavy (non-hydrogen) atoms. The summed E-state index contributed by atoms with van der Waals surface area (Å²) in [5, 5.41) is 22.2. The van der Waals surface area contributed by atoms with Crippen LogP contribution >= 0.6 is 0 Å². The first kappa shape index (κ1) is 20.7. The number of rotatable bonds is 7. The lowest BCUT2D eigenvalue weighted by molar-refractivity contribution is 0.276. The highest BCUT2D eigenvalue weighted by molar-refractivity contribution is 5.60. The minimum Gasteiger partial charge on any atom is -0.390 e. The third-order valence-corrected chi connectivity index (χ3v) is 5.26. The number of aromatic nitrogens is 5. The smallest absolute Gasteiger partial charge is 0.152 e. The first-order chi connectivity index (χ1) is 15.1. The molecule has 2 N–H and O–H groups in total. The molecule has 0 fully saturated rings. The minimum absolute atomic E-state index is 0.115. The van der Waals surface area contributed by atoms with Crippen molar-refractivity contribution in [1.29, 1.82) is 0 Å². The van der Waals surface area contributed by atoms with Crippen LogP contribution in [0.25, 0.3) is 17.1 Å². The fraction of sp³-hybridized carbons (Fsp3) is 0.250. The van der Waals surface area contributed by atoms with Crippen LogP contribution in [0.3, 0.4) is 0 Å². The zero-order chi connectivity index (χ0) is 21.8. The number of imidazole rings is 1. The Bertz CT molecular complexity index is 1170. The van der Waals surface area contributed by atoms with Crippen LogP contribution in [0, 0.1) is 6.92 Å². The lowest BCUT2D eigenvalue weighted by atomic mass is 10.1. The molecule has 0 unspecified atom stereocenters. The molecule has 1 atom stereocenters. The van der Waals surface area contributed by atoms with Gasteiger partial charge in [0.15, 0.2) is 5.82 Å². The van der Waals surface area contributed by atoms with Crippen molar-refractivity contribution in [2.45, 2.75) is 39.8 Å². The van der Waals surface area contributed by atoms with Crippen LogP contribution in [-0.4, -0.2) is 29.8 Å². The molecule has 0 radical (unpaired) electrons. The predicted molar refractivity (Wildman–Crippen MR) is 121 cm³/mol. The van der Waals surface area contributed by atoms with Gasteiger partial charge in [-0.2, -0.15) is 0 Å². The highest BCUT2D eigenvalue weighted by Crippen LogP contribution is 2.25. The zero-order valence-corrected chi connectivity index (χ0v) is 17.9. The molecular formula is C24H26N6O. The standard InChI is InChI=1S/C24H26N6O/c1-4-18-12-21(28-29-24(18)26-17(3)19-8-6-5-7-9-19)20-10-11-23(22(14-31)27-20)30-13-16(2)25-15-30/h5-13,15,17,31H,4,14H2,1-3H3,(H,26,29)/t17-/m0/s1. The molecule has 0 aliphatic heterocycles. The van der Waals surface area contributed by atoms with Gasteiger partial charge in [-0.05, 0) is 49.6 Å². The lowest BCUT2D eigenvalue weighted by Gasteiger charge is -2.17. The van der Waals surface area contributed by atoms with Gasteiger partial charge in [0.25, 0.3) is 0 Å². The van der Waals surface area contributed by atoms with E-state index in [9.17, 15) is 5.11 Å². The van der Waals surface area contributed by atoms with Crippen molar-refractivity contribution in [2.24, 2.45) is 0 Å². The van der Waals surface area contributed by atoms with Crippen LogP contribution in [0.1, 0.15) is 42.4 Å². The average Bonchev–Trinajstić information content (AvgIpc) is 3.25. The maximum Gasteiger partial charge on any atom is 0.152 e. The summed E-state index contributed by atoms with van der Waals surface area (Å²) in [6.45, 7) is 5.95. The number of aliphatic hydroxyl groups is 1. The largest absolute Gasteiger partial charge is 0.390 e. The van der Waals surface area contributed by atoms with Crippen LogP contribution < -0.4 is 5.32 Å². The maximum absolute atomic E-state index is 9.87. The molecule has 7 heteroatoms. The van der Waals surface area contributed by atoms with Gasteiger partial charge in [-0.15, -0.1) is 10.2 Å². The second-order valence-corrected chi connectivity index (χ2v) is 7.48. The van der Waals surface area contributed by atoms with E-state index in [-0.39, 0.29) is 12.6 Å². The number of hydrogen-bond acceptors (Lipinski definition) is 6. The zero-order valence-electron chi connectivity index (χ0n) is 17.9. The average molecular weight is 415 g/mol. The van der Waals surface area contributed by atoms with Crippen LogP contribution in [-0.2, 0) is 13.0 Å². The molecule has 4 rings (SSSR count). The molecule has 158 valence electrons. The van der Waals surface area contributed by atoms with Gasteiger partial charge in [0.05, 0.1) is 41.7 Å². The van der Waals surface area contributed by atoms with E-state index >= 15 is 0 Å². The van der Waals surface area contributed by atoms with E-state index in [2.05, 4.69) is 51.5 Å². The van der Waals surface area contributed by atoms with Crippen molar-refractivity contribution < 1.29 is 5.11 Å². The Morgan fingerprint density at radius 1 is 1.06 bits per heavy atom. The van der Waals surface area contributed by atoms with Crippen molar-refractivity contribution in [3.05, 3.63) is 83.6 Å². The van der Waals surface area contributed by atoms with Crippen molar-refractivity contribution in [2.75, 3.05) is 5.32 Å². The van der Waals surface area contributed by atoms with E-state index in [1.165, 1.54) is 5.56 Å². The predicted octanol–water partition coefficient (Wildman–Crippen LogP) is 4.26. The van der Waals surface area contributed by atoms with E-state index in [1.807, 2.05) is 54.1 Å². The van der Waals surface area contributed by atoms with Gasteiger partial charge in [0.1, 0.15) is 5.69 Å². The lowest BCUT2D eigenvalue weighted by Crippen LogP contribution is -2.11. The first-order valence-corrected chi connectivity index (χ1v) is 10.4. The minimum atomic E-state index is -0.178. The number of benzene rings is 1. The molecule has 4 aromatic rings. The number of nitrogens with zero attached hydrogens (tertiary/aromatic N) is 5. The van der Waals surface area contributed by atoms with Crippen molar-refractivity contribution in [3.63, 3.8) is 0 Å². The molecule has 3 heterocycles.